The zero-order valence-corrected chi connectivity index (χ0v) is 10.6. The first-order valence-electron chi connectivity index (χ1n) is 6.33. The number of hydrogen-bond donors (Lipinski definition) is 1. The lowest BCUT2D eigenvalue weighted by Crippen LogP contribution is -2.17. The predicted molar refractivity (Wildman–Crippen MR) is 66.2 cm³/mol. The normalized spacial score (nSPS) is 15.6. The van der Waals surface area contributed by atoms with Crippen molar-refractivity contribution in [3.8, 4) is 5.82 Å². The molecule has 0 aliphatic heterocycles. The quantitative estimate of drug-likeness (QED) is 0.937. The van der Waals surface area contributed by atoms with Gasteiger partial charge in [-0.3, -0.25) is 0 Å². The standard InChI is InChI=1S/C13H13F3N4/c14-13(15,16)10-7-19-20(8-10)12-9(2-1-5-17-12)6-18-11-3-4-11/h1-2,5,7-8,11,18H,3-4,6H2. The lowest BCUT2D eigenvalue weighted by atomic mass is 10.2. The third-order valence-corrected chi connectivity index (χ3v) is 3.15. The Hall–Kier alpha value is -1.89. The van der Waals surface area contributed by atoms with E-state index in [2.05, 4.69) is 15.4 Å². The van der Waals surface area contributed by atoms with Gasteiger partial charge < -0.3 is 5.32 Å². The van der Waals surface area contributed by atoms with Crippen molar-refractivity contribution in [2.75, 3.05) is 0 Å². The van der Waals surface area contributed by atoms with Crippen LogP contribution in [0, 0.1) is 0 Å². The highest BCUT2D eigenvalue weighted by atomic mass is 19.4. The van der Waals surface area contributed by atoms with Crippen molar-refractivity contribution in [3.63, 3.8) is 0 Å². The lowest BCUT2D eigenvalue weighted by Gasteiger charge is -2.09. The van der Waals surface area contributed by atoms with E-state index in [1.54, 1.807) is 12.3 Å². The first-order chi connectivity index (χ1) is 9.54. The molecule has 1 aliphatic carbocycles. The minimum Gasteiger partial charge on any atom is -0.310 e. The average molecular weight is 282 g/mol. The molecule has 0 atom stereocenters. The molecule has 20 heavy (non-hydrogen) atoms. The van der Waals surface area contributed by atoms with Crippen LogP contribution in [0.4, 0.5) is 13.2 Å². The molecule has 1 saturated carbocycles. The van der Waals surface area contributed by atoms with Crippen LogP contribution in [-0.2, 0) is 12.7 Å². The number of nitrogens with one attached hydrogen (secondary N) is 1. The first-order valence-corrected chi connectivity index (χ1v) is 6.33. The van der Waals surface area contributed by atoms with E-state index in [-0.39, 0.29) is 0 Å². The van der Waals surface area contributed by atoms with E-state index in [9.17, 15) is 13.2 Å². The van der Waals surface area contributed by atoms with Crippen molar-refractivity contribution in [2.24, 2.45) is 0 Å². The SMILES string of the molecule is FC(F)(F)c1cnn(-c2ncccc2CNC2CC2)c1. The van der Waals surface area contributed by atoms with E-state index in [1.165, 1.54) is 4.68 Å². The van der Waals surface area contributed by atoms with Gasteiger partial charge in [0, 0.05) is 30.5 Å². The van der Waals surface area contributed by atoms with E-state index >= 15 is 0 Å². The van der Waals surface area contributed by atoms with E-state index in [0.717, 1.165) is 30.8 Å². The fourth-order valence-corrected chi connectivity index (χ4v) is 1.90. The van der Waals surface area contributed by atoms with Gasteiger partial charge in [-0.05, 0) is 18.9 Å². The molecule has 0 aromatic carbocycles. The van der Waals surface area contributed by atoms with Crippen LogP contribution in [0.2, 0.25) is 0 Å². The Morgan fingerprint density at radius 3 is 2.80 bits per heavy atom. The number of aromatic nitrogens is 3. The molecular formula is C13H13F3N4. The summed E-state index contributed by atoms with van der Waals surface area (Å²) in [5.41, 5.74) is 0.0560. The number of hydrogen-bond acceptors (Lipinski definition) is 3. The highest BCUT2D eigenvalue weighted by Gasteiger charge is 2.32. The molecule has 2 aromatic rings. The van der Waals surface area contributed by atoms with E-state index in [1.807, 2.05) is 6.07 Å². The summed E-state index contributed by atoms with van der Waals surface area (Å²) in [6, 6.07) is 4.13. The number of halogens is 3. The molecule has 0 bridgehead atoms. The molecule has 0 amide bonds. The summed E-state index contributed by atoms with van der Waals surface area (Å²) in [5.74, 6) is 0.427. The Morgan fingerprint density at radius 1 is 1.35 bits per heavy atom. The molecule has 0 radical (unpaired) electrons. The second kappa shape index (κ2) is 4.90. The summed E-state index contributed by atoms with van der Waals surface area (Å²) in [6.07, 6.45) is 1.23. The predicted octanol–water partition coefficient (Wildman–Crippen LogP) is 2.54. The van der Waals surface area contributed by atoms with Gasteiger partial charge in [0.25, 0.3) is 0 Å². The van der Waals surface area contributed by atoms with Crippen molar-refractivity contribution >= 4 is 0 Å². The second-order valence-corrected chi connectivity index (χ2v) is 4.81. The van der Waals surface area contributed by atoms with Crippen LogP contribution in [0.25, 0.3) is 5.82 Å². The van der Waals surface area contributed by atoms with Gasteiger partial charge in [-0.25, -0.2) is 9.67 Å². The summed E-state index contributed by atoms with van der Waals surface area (Å²) in [6.45, 7) is 0.578. The Balaban J connectivity index is 1.86. The summed E-state index contributed by atoms with van der Waals surface area (Å²) in [4.78, 5) is 4.14. The maximum atomic E-state index is 12.6. The molecule has 4 nitrogen and oxygen atoms in total. The highest BCUT2D eigenvalue weighted by Crippen LogP contribution is 2.29. The molecule has 1 aliphatic rings. The van der Waals surface area contributed by atoms with Crippen LogP contribution >= 0.6 is 0 Å². The largest absolute Gasteiger partial charge is 0.419 e. The lowest BCUT2D eigenvalue weighted by molar-refractivity contribution is -0.137. The first kappa shape index (κ1) is 13.1. The van der Waals surface area contributed by atoms with Gasteiger partial charge in [0.2, 0.25) is 0 Å². The van der Waals surface area contributed by atoms with Gasteiger partial charge in [-0.1, -0.05) is 6.07 Å². The molecule has 7 heteroatoms. The van der Waals surface area contributed by atoms with Gasteiger partial charge in [0.15, 0.2) is 5.82 Å². The van der Waals surface area contributed by atoms with Gasteiger partial charge in [-0.2, -0.15) is 18.3 Å². The molecule has 2 aromatic heterocycles. The average Bonchev–Trinajstić information content (AvgIpc) is 3.09. The number of rotatable bonds is 4. The smallest absolute Gasteiger partial charge is 0.310 e. The number of alkyl halides is 3. The zero-order valence-electron chi connectivity index (χ0n) is 10.6. The van der Waals surface area contributed by atoms with E-state index in [0.29, 0.717) is 18.4 Å². The molecule has 2 heterocycles. The summed E-state index contributed by atoms with van der Waals surface area (Å²) in [7, 11) is 0. The van der Waals surface area contributed by atoms with Crippen LogP contribution < -0.4 is 5.32 Å². The fourth-order valence-electron chi connectivity index (χ4n) is 1.90. The van der Waals surface area contributed by atoms with Crippen molar-refractivity contribution in [2.45, 2.75) is 31.6 Å². The zero-order chi connectivity index (χ0) is 14.2. The van der Waals surface area contributed by atoms with E-state index < -0.39 is 11.7 Å². The van der Waals surface area contributed by atoms with E-state index in [4.69, 9.17) is 0 Å². The summed E-state index contributed by atoms with van der Waals surface area (Å²) < 4.78 is 39.0. The van der Waals surface area contributed by atoms with Crippen LogP contribution in [0.1, 0.15) is 24.0 Å². The molecule has 0 saturated heterocycles. The third-order valence-electron chi connectivity index (χ3n) is 3.15. The minimum atomic E-state index is -4.39. The van der Waals surface area contributed by atoms with Crippen molar-refractivity contribution in [1.29, 1.82) is 0 Å². The van der Waals surface area contributed by atoms with Crippen LogP contribution in [-0.4, -0.2) is 20.8 Å². The third kappa shape index (κ3) is 2.82. The molecule has 1 fully saturated rings. The van der Waals surface area contributed by atoms with Gasteiger partial charge in [0.05, 0.1) is 11.8 Å². The van der Waals surface area contributed by atoms with Crippen molar-refractivity contribution in [3.05, 3.63) is 41.9 Å². The Morgan fingerprint density at radius 2 is 2.15 bits per heavy atom. The monoisotopic (exact) mass is 282 g/mol. The summed E-state index contributed by atoms with van der Waals surface area (Å²) >= 11 is 0. The molecular weight excluding hydrogens is 269 g/mol. The van der Waals surface area contributed by atoms with Crippen molar-refractivity contribution in [1.82, 2.24) is 20.1 Å². The van der Waals surface area contributed by atoms with Gasteiger partial charge in [0.1, 0.15) is 0 Å². The fraction of sp³-hybridized carbons (Fsp3) is 0.385. The number of pyridine rings is 1. The maximum Gasteiger partial charge on any atom is 0.419 e. The molecule has 3 rings (SSSR count). The Bertz CT molecular complexity index is 602. The van der Waals surface area contributed by atoms with Gasteiger partial charge in [-0.15, -0.1) is 0 Å². The van der Waals surface area contributed by atoms with Gasteiger partial charge >= 0.3 is 6.18 Å². The topological polar surface area (TPSA) is 42.7 Å². The summed E-state index contributed by atoms with van der Waals surface area (Å²) in [5, 5.41) is 7.08. The Kier molecular flexibility index (Phi) is 3.21. The van der Waals surface area contributed by atoms with Crippen LogP contribution in [0.5, 0.6) is 0 Å². The molecule has 0 spiro atoms. The van der Waals surface area contributed by atoms with Crippen LogP contribution in [0.15, 0.2) is 30.7 Å². The second-order valence-electron chi connectivity index (χ2n) is 4.81. The molecule has 1 N–H and O–H groups in total. The maximum absolute atomic E-state index is 12.6. The molecule has 0 unspecified atom stereocenters. The highest BCUT2D eigenvalue weighted by molar-refractivity contribution is 5.33. The van der Waals surface area contributed by atoms with Crippen LogP contribution in [0.3, 0.4) is 0 Å². The minimum absolute atomic E-state index is 0.427. The molecule has 106 valence electrons. The van der Waals surface area contributed by atoms with Crippen molar-refractivity contribution < 1.29 is 13.2 Å². The number of nitrogens with zero attached hydrogens (tertiary/aromatic N) is 3. The Labute approximate surface area is 113 Å².